The van der Waals surface area contributed by atoms with Gasteiger partial charge in [0.05, 0.1) is 9.75 Å². The maximum atomic E-state index is 4.56. The van der Waals surface area contributed by atoms with Gasteiger partial charge < -0.3 is 0 Å². The fraction of sp³-hybridized carbons (Fsp3) is 0. The van der Waals surface area contributed by atoms with Crippen LogP contribution in [0.15, 0.2) is 73.1 Å². The molecule has 4 aromatic rings. The van der Waals surface area contributed by atoms with E-state index in [1.807, 2.05) is 36.7 Å². The molecule has 0 fully saturated rings. The lowest BCUT2D eigenvalue weighted by atomic mass is 10.2. The van der Waals surface area contributed by atoms with Gasteiger partial charge in [-0.3, -0.25) is 0 Å². The van der Waals surface area contributed by atoms with E-state index in [1.54, 1.807) is 22.7 Å². The van der Waals surface area contributed by atoms with Crippen LogP contribution < -0.4 is 0 Å². The zero-order chi connectivity index (χ0) is 14.8. The summed E-state index contributed by atoms with van der Waals surface area (Å²) in [5.74, 6) is 0. The van der Waals surface area contributed by atoms with Crippen LogP contribution >= 0.6 is 22.7 Å². The van der Waals surface area contributed by atoms with Gasteiger partial charge in [0.25, 0.3) is 0 Å². The Morgan fingerprint density at radius 1 is 0.545 bits per heavy atom. The summed E-state index contributed by atoms with van der Waals surface area (Å²) in [6.07, 6.45) is 3.86. The molecule has 4 rings (SSSR count). The summed E-state index contributed by atoms with van der Waals surface area (Å²) in [4.78, 5) is 11.4. The first-order chi connectivity index (χ1) is 10.9. The molecule has 0 radical (unpaired) electrons. The molecule has 2 aromatic heterocycles. The maximum Gasteiger partial charge on any atom is 0.135 e. The second-order valence-corrected chi connectivity index (χ2v) is 6.85. The predicted molar refractivity (Wildman–Crippen MR) is 94.1 cm³/mol. The summed E-state index contributed by atoms with van der Waals surface area (Å²) in [5, 5.41) is 2.06. The first-order valence-corrected chi connectivity index (χ1v) is 8.56. The Hall–Kier alpha value is -2.30. The van der Waals surface area contributed by atoms with Crippen LogP contribution in [-0.4, -0.2) is 9.97 Å². The third-order valence-electron chi connectivity index (χ3n) is 3.30. The van der Waals surface area contributed by atoms with Crippen molar-refractivity contribution >= 4 is 22.7 Å². The molecule has 0 spiro atoms. The van der Waals surface area contributed by atoms with Gasteiger partial charge in [-0.2, -0.15) is 0 Å². The van der Waals surface area contributed by atoms with Gasteiger partial charge in [-0.1, -0.05) is 60.7 Å². The molecule has 0 unspecified atom stereocenters. The Kier molecular flexibility index (Phi) is 3.54. The van der Waals surface area contributed by atoms with E-state index in [2.05, 4.69) is 46.4 Å². The molecule has 2 heterocycles. The lowest BCUT2D eigenvalue weighted by Crippen LogP contribution is -1.71. The molecule has 0 aliphatic rings. The molecule has 0 aliphatic carbocycles. The Labute approximate surface area is 136 Å². The molecule has 0 atom stereocenters. The molecular weight excluding hydrogens is 308 g/mol. The molecule has 0 saturated carbocycles. The molecule has 0 bridgehead atoms. The number of hydrogen-bond donors (Lipinski definition) is 0. The van der Waals surface area contributed by atoms with E-state index in [9.17, 15) is 0 Å². The fourth-order valence-corrected chi connectivity index (χ4v) is 4.10. The number of rotatable bonds is 3. The highest BCUT2D eigenvalue weighted by Crippen LogP contribution is 2.36. The molecule has 106 valence electrons. The van der Waals surface area contributed by atoms with Gasteiger partial charge in [0, 0.05) is 18.0 Å². The standard InChI is InChI=1S/C18H12N2S2/c1-3-7-13(8-4-1)15-11-20-18(21-15)16-12-19-17(22-16)14-9-5-2-6-10-14/h1-12H. The minimum atomic E-state index is 1.03. The number of thiazole rings is 2. The van der Waals surface area contributed by atoms with Crippen molar-refractivity contribution in [3.05, 3.63) is 73.1 Å². The Morgan fingerprint density at radius 2 is 1.09 bits per heavy atom. The van der Waals surface area contributed by atoms with E-state index in [0.29, 0.717) is 0 Å². The van der Waals surface area contributed by atoms with Crippen molar-refractivity contribution in [1.29, 1.82) is 0 Å². The molecule has 4 heteroatoms. The topological polar surface area (TPSA) is 25.8 Å². The number of aromatic nitrogens is 2. The summed E-state index contributed by atoms with van der Waals surface area (Å²) < 4.78 is 0. The zero-order valence-corrected chi connectivity index (χ0v) is 13.3. The van der Waals surface area contributed by atoms with Crippen molar-refractivity contribution in [2.75, 3.05) is 0 Å². The quantitative estimate of drug-likeness (QED) is 0.491. The summed E-state index contributed by atoms with van der Waals surface area (Å²) in [7, 11) is 0. The first-order valence-electron chi connectivity index (χ1n) is 6.93. The Bertz CT molecular complexity index is 804. The molecule has 2 nitrogen and oxygen atoms in total. The predicted octanol–water partition coefficient (Wildman–Crippen LogP) is 5.60. The first kappa shape index (κ1) is 13.4. The average molecular weight is 320 g/mol. The van der Waals surface area contributed by atoms with Crippen LogP contribution in [0.1, 0.15) is 0 Å². The maximum absolute atomic E-state index is 4.56. The highest BCUT2D eigenvalue weighted by molar-refractivity contribution is 7.24. The van der Waals surface area contributed by atoms with Crippen molar-refractivity contribution in [3.8, 4) is 30.9 Å². The summed E-state index contributed by atoms with van der Waals surface area (Å²) in [5.41, 5.74) is 2.36. The van der Waals surface area contributed by atoms with Crippen molar-refractivity contribution in [3.63, 3.8) is 0 Å². The molecule has 22 heavy (non-hydrogen) atoms. The van der Waals surface area contributed by atoms with Gasteiger partial charge >= 0.3 is 0 Å². The van der Waals surface area contributed by atoms with Gasteiger partial charge in [0.2, 0.25) is 0 Å². The molecule has 2 aromatic carbocycles. The van der Waals surface area contributed by atoms with Crippen LogP contribution in [0.2, 0.25) is 0 Å². The van der Waals surface area contributed by atoms with Crippen molar-refractivity contribution < 1.29 is 0 Å². The lowest BCUT2D eigenvalue weighted by molar-refractivity contribution is 1.39. The number of benzene rings is 2. The van der Waals surface area contributed by atoms with E-state index in [-0.39, 0.29) is 0 Å². The summed E-state index contributed by atoms with van der Waals surface area (Å²) in [6.45, 7) is 0. The third-order valence-corrected chi connectivity index (χ3v) is 5.56. The van der Waals surface area contributed by atoms with E-state index in [1.165, 1.54) is 10.4 Å². The van der Waals surface area contributed by atoms with E-state index in [0.717, 1.165) is 20.5 Å². The van der Waals surface area contributed by atoms with Crippen LogP contribution in [0.25, 0.3) is 30.9 Å². The lowest BCUT2D eigenvalue weighted by Gasteiger charge is -1.94. The SMILES string of the molecule is c1ccc(-c2cnc(-c3cnc(-c4ccccc4)s3)s2)cc1. The molecule has 0 saturated heterocycles. The van der Waals surface area contributed by atoms with Gasteiger partial charge in [-0.15, -0.1) is 22.7 Å². The Morgan fingerprint density at radius 3 is 1.82 bits per heavy atom. The average Bonchev–Trinajstić information content (AvgIpc) is 3.26. The van der Waals surface area contributed by atoms with Crippen LogP contribution in [-0.2, 0) is 0 Å². The highest BCUT2D eigenvalue weighted by Gasteiger charge is 2.11. The normalized spacial score (nSPS) is 10.7. The van der Waals surface area contributed by atoms with Crippen LogP contribution in [0, 0.1) is 0 Å². The van der Waals surface area contributed by atoms with E-state index >= 15 is 0 Å². The van der Waals surface area contributed by atoms with E-state index in [4.69, 9.17) is 0 Å². The minimum absolute atomic E-state index is 1.03. The molecule has 0 aliphatic heterocycles. The second kappa shape index (κ2) is 5.83. The van der Waals surface area contributed by atoms with Crippen molar-refractivity contribution in [2.24, 2.45) is 0 Å². The molecular formula is C18H12N2S2. The summed E-state index contributed by atoms with van der Waals surface area (Å²) >= 11 is 3.39. The van der Waals surface area contributed by atoms with Gasteiger partial charge in [0.15, 0.2) is 0 Å². The monoisotopic (exact) mass is 320 g/mol. The fourth-order valence-electron chi connectivity index (χ4n) is 2.21. The van der Waals surface area contributed by atoms with Crippen molar-refractivity contribution in [1.82, 2.24) is 9.97 Å². The number of nitrogens with zero attached hydrogens (tertiary/aromatic N) is 2. The minimum Gasteiger partial charge on any atom is -0.244 e. The van der Waals surface area contributed by atoms with E-state index < -0.39 is 0 Å². The largest absolute Gasteiger partial charge is 0.244 e. The van der Waals surface area contributed by atoms with Gasteiger partial charge in [0.1, 0.15) is 10.0 Å². The van der Waals surface area contributed by atoms with Crippen LogP contribution in [0.5, 0.6) is 0 Å². The Balaban J connectivity index is 1.66. The second-order valence-electron chi connectivity index (χ2n) is 4.79. The molecule has 0 N–H and O–H groups in total. The zero-order valence-electron chi connectivity index (χ0n) is 11.6. The summed E-state index contributed by atoms with van der Waals surface area (Å²) in [6, 6.07) is 20.6. The van der Waals surface area contributed by atoms with Gasteiger partial charge in [-0.05, 0) is 5.56 Å². The third kappa shape index (κ3) is 2.58. The number of hydrogen-bond acceptors (Lipinski definition) is 4. The van der Waals surface area contributed by atoms with Crippen LogP contribution in [0.4, 0.5) is 0 Å². The smallest absolute Gasteiger partial charge is 0.135 e. The molecule has 0 amide bonds. The highest BCUT2D eigenvalue weighted by atomic mass is 32.1. The van der Waals surface area contributed by atoms with Crippen LogP contribution in [0.3, 0.4) is 0 Å². The van der Waals surface area contributed by atoms with Gasteiger partial charge in [-0.25, -0.2) is 9.97 Å². The van der Waals surface area contributed by atoms with Crippen molar-refractivity contribution in [2.45, 2.75) is 0 Å².